The van der Waals surface area contributed by atoms with E-state index in [1.54, 1.807) is 4.57 Å². The molecule has 0 amide bonds. The van der Waals surface area contributed by atoms with Crippen molar-refractivity contribution < 1.29 is 14.9 Å². The average molecular weight is 521 g/mol. The maximum atomic E-state index is 10.7. The Kier molecular flexibility index (Phi) is 6.34. The van der Waals surface area contributed by atoms with Gasteiger partial charge in [0.15, 0.2) is 17.7 Å². The number of imidazole rings is 2. The number of aromatic nitrogens is 6. The van der Waals surface area contributed by atoms with Crippen LogP contribution in [-0.4, -0.2) is 70.6 Å². The third kappa shape index (κ3) is 4.64. The second-order valence-corrected chi connectivity index (χ2v) is 11.8. The van der Waals surface area contributed by atoms with Crippen LogP contribution in [0.2, 0.25) is 0 Å². The number of ether oxygens (including phenoxy) is 1. The second kappa shape index (κ2) is 9.57. The first-order valence-electron chi connectivity index (χ1n) is 13.3. The zero-order valence-electron chi connectivity index (χ0n) is 22.0. The molecule has 3 aromatic heterocycles. The molecule has 1 saturated carbocycles. The van der Waals surface area contributed by atoms with E-state index in [0.29, 0.717) is 29.7 Å². The van der Waals surface area contributed by atoms with Crippen LogP contribution in [0.15, 0.2) is 30.9 Å². The average Bonchev–Trinajstić information content (AvgIpc) is 3.54. The molecule has 4 atom stereocenters. The third-order valence-electron chi connectivity index (χ3n) is 8.03. The third-order valence-corrected chi connectivity index (χ3v) is 8.03. The number of hydrogen-bond acceptors (Lipinski definition) is 9. The van der Waals surface area contributed by atoms with Crippen LogP contribution in [0.4, 0.5) is 5.82 Å². The number of H-pyrrole nitrogens is 1. The first-order chi connectivity index (χ1) is 18.2. The summed E-state index contributed by atoms with van der Waals surface area (Å²) in [6, 6.07) is 6.87. The standard InChI is InChI=1S/C27H36N8O3/c1-27(2,3)15-5-6-17-18(10-15)34-20(33-17)7-4-14-8-16(9-14)29-11-19-22(36)23(37)26(38-19)35-13-32-21-24(28)30-12-31-25(21)35/h5-6,10,12-14,16,19,22-23,26,29,36-37H,4,7-9,11H2,1-3H3,(H,33,34)(H2,28,30,31). The molecule has 2 fully saturated rings. The van der Waals surface area contributed by atoms with E-state index < -0.39 is 24.5 Å². The fourth-order valence-corrected chi connectivity index (χ4v) is 5.59. The van der Waals surface area contributed by atoms with E-state index in [-0.39, 0.29) is 11.2 Å². The molecular formula is C27H36N8O3. The van der Waals surface area contributed by atoms with Gasteiger partial charge in [0.25, 0.3) is 0 Å². The largest absolute Gasteiger partial charge is 0.387 e. The Morgan fingerprint density at radius 1 is 1.16 bits per heavy atom. The lowest BCUT2D eigenvalue weighted by atomic mass is 9.77. The van der Waals surface area contributed by atoms with Gasteiger partial charge in [0, 0.05) is 19.0 Å². The van der Waals surface area contributed by atoms with Gasteiger partial charge in [-0.2, -0.15) is 0 Å². The van der Waals surface area contributed by atoms with Gasteiger partial charge in [-0.3, -0.25) is 4.57 Å². The summed E-state index contributed by atoms with van der Waals surface area (Å²) >= 11 is 0. The van der Waals surface area contributed by atoms with Gasteiger partial charge in [-0.15, -0.1) is 0 Å². The minimum Gasteiger partial charge on any atom is -0.387 e. The molecule has 0 radical (unpaired) electrons. The minimum atomic E-state index is -1.10. The fraction of sp³-hybridized carbons (Fsp3) is 0.556. The number of fused-ring (bicyclic) bond motifs is 2. The molecule has 6 rings (SSSR count). The zero-order valence-corrected chi connectivity index (χ0v) is 22.0. The number of rotatable bonds is 7. The van der Waals surface area contributed by atoms with Gasteiger partial charge in [0.05, 0.1) is 17.4 Å². The number of nitrogens with two attached hydrogens (primary N) is 1. The molecule has 38 heavy (non-hydrogen) atoms. The quantitative estimate of drug-likeness (QED) is 0.246. The maximum absolute atomic E-state index is 10.7. The lowest BCUT2D eigenvalue weighted by molar-refractivity contribution is -0.0357. The maximum Gasteiger partial charge on any atom is 0.167 e. The van der Waals surface area contributed by atoms with E-state index in [0.717, 1.165) is 42.5 Å². The predicted molar refractivity (Wildman–Crippen MR) is 143 cm³/mol. The van der Waals surface area contributed by atoms with Crippen LogP contribution in [-0.2, 0) is 16.6 Å². The highest BCUT2D eigenvalue weighted by molar-refractivity contribution is 5.81. The summed E-state index contributed by atoms with van der Waals surface area (Å²) in [6.07, 6.45) is 3.56. The highest BCUT2D eigenvalue weighted by atomic mass is 16.6. The predicted octanol–water partition coefficient (Wildman–Crippen LogP) is 2.20. The van der Waals surface area contributed by atoms with Crippen molar-refractivity contribution in [1.29, 1.82) is 0 Å². The number of nitrogens with zero attached hydrogens (tertiary/aromatic N) is 5. The Bertz CT molecular complexity index is 1440. The first kappa shape index (κ1) is 25.2. The van der Waals surface area contributed by atoms with Gasteiger partial charge < -0.3 is 31.0 Å². The van der Waals surface area contributed by atoms with Crippen LogP contribution >= 0.6 is 0 Å². The van der Waals surface area contributed by atoms with Gasteiger partial charge in [0.1, 0.15) is 36.0 Å². The van der Waals surface area contributed by atoms with Crippen LogP contribution < -0.4 is 11.1 Å². The van der Waals surface area contributed by atoms with Gasteiger partial charge in [-0.05, 0) is 48.3 Å². The van der Waals surface area contributed by atoms with Crippen molar-refractivity contribution in [2.75, 3.05) is 12.3 Å². The molecule has 0 bridgehead atoms. The minimum absolute atomic E-state index is 0.114. The summed E-state index contributed by atoms with van der Waals surface area (Å²) in [5, 5.41) is 24.8. The Morgan fingerprint density at radius 2 is 1.97 bits per heavy atom. The van der Waals surface area contributed by atoms with Gasteiger partial charge in [-0.25, -0.2) is 19.9 Å². The number of hydrogen-bond donors (Lipinski definition) is 5. The number of anilines is 1. The zero-order chi connectivity index (χ0) is 26.6. The van der Waals surface area contributed by atoms with Crippen LogP contribution in [0.3, 0.4) is 0 Å². The van der Waals surface area contributed by atoms with Crippen LogP contribution in [0.5, 0.6) is 0 Å². The lowest BCUT2D eigenvalue weighted by Gasteiger charge is -2.36. The summed E-state index contributed by atoms with van der Waals surface area (Å²) in [7, 11) is 0. The number of aliphatic hydroxyl groups excluding tert-OH is 2. The number of aliphatic hydroxyl groups is 2. The lowest BCUT2D eigenvalue weighted by Crippen LogP contribution is -2.46. The molecule has 11 heteroatoms. The molecule has 1 saturated heterocycles. The van der Waals surface area contributed by atoms with E-state index in [2.05, 4.69) is 64.2 Å². The van der Waals surface area contributed by atoms with Crippen molar-refractivity contribution in [2.24, 2.45) is 5.92 Å². The first-order valence-corrected chi connectivity index (χ1v) is 13.3. The molecular weight excluding hydrogens is 484 g/mol. The fourth-order valence-electron chi connectivity index (χ4n) is 5.59. The Hall–Kier alpha value is -3.12. The molecule has 2 aliphatic rings. The summed E-state index contributed by atoms with van der Waals surface area (Å²) in [6.45, 7) is 7.12. The topological polar surface area (TPSA) is 160 Å². The smallest absolute Gasteiger partial charge is 0.167 e. The van der Waals surface area contributed by atoms with Crippen molar-refractivity contribution in [3.63, 3.8) is 0 Å². The summed E-state index contributed by atoms with van der Waals surface area (Å²) < 4.78 is 7.63. The Labute approximate surface area is 220 Å². The summed E-state index contributed by atoms with van der Waals surface area (Å²) in [5.41, 5.74) is 10.3. The highest BCUT2D eigenvalue weighted by Crippen LogP contribution is 2.34. The van der Waals surface area contributed by atoms with Gasteiger partial charge >= 0.3 is 0 Å². The van der Waals surface area contributed by atoms with E-state index >= 15 is 0 Å². The molecule has 4 unspecified atom stereocenters. The van der Waals surface area contributed by atoms with Gasteiger partial charge in [-0.1, -0.05) is 26.8 Å². The highest BCUT2D eigenvalue weighted by Gasteiger charge is 2.44. The van der Waals surface area contributed by atoms with Gasteiger partial charge in [0.2, 0.25) is 0 Å². The Morgan fingerprint density at radius 3 is 2.76 bits per heavy atom. The molecule has 1 aromatic carbocycles. The van der Waals surface area contributed by atoms with Crippen molar-refractivity contribution in [3.05, 3.63) is 42.2 Å². The molecule has 4 heterocycles. The van der Waals surface area contributed by atoms with E-state index in [1.807, 2.05) is 0 Å². The van der Waals surface area contributed by atoms with Crippen molar-refractivity contribution in [1.82, 2.24) is 34.8 Å². The molecule has 0 spiro atoms. The monoisotopic (exact) mass is 520 g/mol. The molecule has 1 aliphatic heterocycles. The number of nitrogens with one attached hydrogen (secondary N) is 2. The molecule has 1 aliphatic carbocycles. The van der Waals surface area contributed by atoms with E-state index in [9.17, 15) is 10.2 Å². The SMILES string of the molecule is CC(C)(C)c1ccc2nc(CCC3CC(NCC4OC(n5cnc6c(N)ncnc65)C(O)C4O)C3)[nH]c2c1. The van der Waals surface area contributed by atoms with Crippen molar-refractivity contribution >= 4 is 28.0 Å². The normalized spacial score (nSPS) is 27.8. The van der Waals surface area contributed by atoms with E-state index in [1.165, 1.54) is 18.2 Å². The number of nitrogen functional groups attached to an aromatic ring is 1. The van der Waals surface area contributed by atoms with E-state index in [4.69, 9.17) is 15.5 Å². The van der Waals surface area contributed by atoms with Crippen molar-refractivity contribution in [2.45, 2.75) is 82.5 Å². The second-order valence-electron chi connectivity index (χ2n) is 11.8. The summed E-state index contributed by atoms with van der Waals surface area (Å²) in [5.74, 6) is 1.94. The Balaban J connectivity index is 0.984. The molecule has 202 valence electrons. The van der Waals surface area contributed by atoms with Crippen LogP contribution in [0.25, 0.3) is 22.2 Å². The number of benzene rings is 1. The summed E-state index contributed by atoms with van der Waals surface area (Å²) in [4.78, 5) is 20.7. The molecule has 6 N–H and O–H groups in total. The molecule has 4 aromatic rings. The van der Waals surface area contributed by atoms with Crippen molar-refractivity contribution in [3.8, 4) is 0 Å². The van der Waals surface area contributed by atoms with Crippen LogP contribution in [0.1, 0.15) is 57.6 Å². The molecule has 11 nitrogen and oxygen atoms in total. The number of aromatic amines is 1. The number of aryl methyl sites for hydroxylation is 1. The van der Waals surface area contributed by atoms with Crippen LogP contribution in [0, 0.1) is 5.92 Å².